The summed E-state index contributed by atoms with van der Waals surface area (Å²) in [5.74, 6) is 1.38. The van der Waals surface area contributed by atoms with Crippen molar-refractivity contribution in [1.82, 2.24) is 9.97 Å². The first-order valence-electron chi connectivity index (χ1n) is 6.16. The van der Waals surface area contributed by atoms with Gasteiger partial charge >= 0.3 is 0 Å². The second kappa shape index (κ2) is 4.40. The molecule has 2 N–H and O–H groups in total. The molecule has 94 valence electrons. The fraction of sp³-hybridized carbons (Fsp3) is 0.750. The molecule has 2 fully saturated rings. The van der Waals surface area contributed by atoms with Crippen molar-refractivity contribution >= 4 is 0 Å². The molecule has 5 nitrogen and oxygen atoms in total. The maximum atomic E-state index is 9.45. The zero-order chi connectivity index (χ0) is 11.7. The monoisotopic (exact) mass is 238 g/mol. The highest BCUT2D eigenvalue weighted by Crippen LogP contribution is 2.32. The molecule has 17 heavy (non-hydrogen) atoms. The molecule has 0 radical (unpaired) electrons. The van der Waals surface area contributed by atoms with Gasteiger partial charge in [0.2, 0.25) is 0 Å². The molecule has 0 atom stereocenters. The van der Waals surface area contributed by atoms with E-state index >= 15 is 0 Å². The number of aromatic nitrogens is 2. The third kappa shape index (κ3) is 1.88. The van der Waals surface area contributed by atoms with Crippen molar-refractivity contribution in [2.24, 2.45) is 0 Å². The lowest BCUT2D eigenvalue weighted by molar-refractivity contribution is -0.0881. The number of nitrogens with one attached hydrogen (secondary N) is 1. The minimum absolute atomic E-state index is 0.0910. The van der Waals surface area contributed by atoms with E-state index in [-0.39, 0.29) is 12.0 Å². The van der Waals surface area contributed by atoms with Crippen molar-refractivity contribution in [3.63, 3.8) is 0 Å². The van der Waals surface area contributed by atoms with Crippen LogP contribution in [0.15, 0.2) is 6.20 Å². The number of aliphatic hydroxyl groups excluding tert-OH is 1. The van der Waals surface area contributed by atoms with Crippen LogP contribution in [0.3, 0.4) is 0 Å². The van der Waals surface area contributed by atoms with Crippen LogP contribution in [0.25, 0.3) is 0 Å². The van der Waals surface area contributed by atoms with Gasteiger partial charge in [-0.15, -0.1) is 0 Å². The average molecular weight is 238 g/mol. The lowest BCUT2D eigenvalue weighted by Gasteiger charge is -2.38. The fourth-order valence-electron chi connectivity index (χ4n) is 2.47. The highest BCUT2D eigenvalue weighted by Gasteiger charge is 2.42. The molecule has 5 heteroatoms. The number of imidazole rings is 1. The Balaban J connectivity index is 1.77. The van der Waals surface area contributed by atoms with Crippen LogP contribution in [0, 0.1) is 0 Å². The number of hydrogen-bond acceptors (Lipinski definition) is 4. The summed E-state index contributed by atoms with van der Waals surface area (Å²) < 4.78 is 10.6. The van der Waals surface area contributed by atoms with Crippen LogP contribution in [-0.4, -0.2) is 48.1 Å². The van der Waals surface area contributed by atoms with Crippen molar-refractivity contribution < 1.29 is 14.6 Å². The molecule has 0 unspecified atom stereocenters. The average Bonchev–Trinajstić information content (AvgIpc) is 2.80. The number of rotatable bonds is 3. The van der Waals surface area contributed by atoms with Gasteiger partial charge in [0, 0.05) is 31.0 Å². The fourth-order valence-corrected chi connectivity index (χ4v) is 2.47. The molecule has 0 saturated carbocycles. The number of hydrogen-bond donors (Lipinski definition) is 2. The molecule has 0 bridgehead atoms. The zero-order valence-corrected chi connectivity index (χ0v) is 9.82. The summed E-state index contributed by atoms with van der Waals surface area (Å²) in [7, 11) is 0. The molecule has 0 spiro atoms. The third-order valence-electron chi connectivity index (χ3n) is 3.82. The molecule has 0 amide bonds. The van der Waals surface area contributed by atoms with Crippen molar-refractivity contribution in [2.45, 2.75) is 24.2 Å². The van der Waals surface area contributed by atoms with E-state index in [0.29, 0.717) is 19.1 Å². The minimum Gasteiger partial charge on any atom is -0.395 e. The molecule has 2 saturated heterocycles. The van der Waals surface area contributed by atoms with Crippen LogP contribution >= 0.6 is 0 Å². The van der Waals surface area contributed by atoms with Crippen LogP contribution in [0.2, 0.25) is 0 Å². The molecule has 0 aliphatic carbocycles. The Morgan fingerprint density at radius 3 is 2.71 bits per heavy atom. The first-order valence-corrected chi connectivity index (χ1v) is 6.16. The van der Waals surface area contributed by atoms with Crippen LogP contribution in [-0.2, 0) is 14.9 Å². The number of H-pyrrole nitrogens is 1. The topological polar surface area (TPSA) is 67.4 Å². The van der Waals surface area contributed by atoms with E-state index in [1.807, 2.05) is 6.20 Å². The lowest BCUT2D eigenvalue weighted by Crippen LogP contribution is -2.50. The summed E-state index contributed by atoms with van der Waals surface area (Å²) in [4.78, 5) is 7.79. The molecular formula is C12H18N2O3. The molecule has 3 rings (SSSR count). The largest absolute Gasteiger partial charge is 0.395 e. The van der Waals surface area contributed by atoms with Crippen LogP contribution in [0.4, 0.5) is 0 Å². The Bertz CT molecular complexity index is 375. The number of aliphatic hydroxyl groups is 1. The highest BCUT2D eigenvalue weighted by atomic mass is 16.5. The van der Waals surface area contributed by atoms with Crippen molar-refractivity contribution in [3.8, 4) is 0 Å². The third-order valence-corrected chi connectivity index (χ3v) is 3.82. The van der Waals surface area contributed by atoms with Gasteiger partial charge in [0.25, 0.3) is 0 Å². The molecule has 0 aromatic carbocycles. The smallest absolute Gasteiger partial charge is 0.119 e. The van der Waals surface area contributed by atoms with Crippen LogP contribution < -0.4 is 0 Å². The Morgan fingerprint density at radius 1 is 1.35 bits per heavy atom. The van der Waals surface area contributed by atoms with Crippen molar-refractivity contribution in [1.29, 1.82) is 0 Å². The minimum atomic E-state index is -0.288. The zero-order valence-electron chi connectivity index (χ0n) is 9.82. The normalized spacial score (nSPS) is 24.5. The van der Waals surface area contributed by atoms with E-state index in [2.05, 4.69) is 9.97 Å². The Morgan fingerprint density at radius 2 is 2.12 bits per heavy atom. The van der Waals surface area contributed by atoms with E-state index < -0.39 is 0 Å². The predicted molar refractivity (Wildman–Crippen MR) is 61.0 cm³/mol. The summed E-state index contributed by atoms with van der Waals surface area (Å²) in [6.45, 7) is 2.86. The molecular weight excluding hydrogens is 220 g/mol. The molecule has 2 aliphatic rings. The number of aromatic amines is 1. The summed E-state index contributed by atoms with van der Waals surface area (Å²) in [6, 6.07) is 0. The summed E-state index contributed by atoms with van der Waals surface area (Å²) in [5, 5.41) is 9.45. The SMILES string of the molecule is OCC1(c2ncc(C3CCOCC3)[nH]2)COC1. The van der Waals surface area contributed by atoms with Crippen molar-refractivity contribution in [2.75, 3.05) is 33.0 Å². The maximum absolute atomic E-state index is 9.45. The van der Waals surface area contributed by atoms with Gasteiger partial charge in [0.05, 0.1) is 25.2 Å². The van der Waals surface area contributed by atoms with E-state index in [4.69, 9.17) is 9.47 Å². The van der Waals surface area contributed by atoms with Crippen LogP contribution in [0.1, 0.15) is 30.3 Å². The van der Waals surface area contributed by atoms with Gasteiger partial charge in [0.15, 0.2) is 0 Å². The first-order chi connectivity index (χ1) is 8.34. The van der Waals surface area contributed by atoms with Gasteiger partial charge < -0.3 is 19.6 Å². The first kappa shape index (κ1) is 11.2. The second-order valence-corrected chi connectivity index (χ2v) is 5.01. The Kier molecular flexibility index (Phi) is 2.90. The van der Waals surface area contributed by atoms with E-state index in [1.54, 1.807) is 0 Å². The van der Waals surface area contributed by atoms with E-state index in [0.717, 1.165) is 31.9 Å². The molecule has 2 aliphatic heterocycles. The number of nitrogens with zero attached hydrogens (tertiary/aromatic N) is 1. The van der Waals surface area contributed by atoms with Gasteiger partial charge in [-0.25, -0.2) is 4.98 Å². The molecule has 1 aromatic rings. The summed E-state index contributed by atoms with van der Waals surface area (Å²) >= 11 is 0. The van der Waals surface area contributed by atoms with Gasteiger partial charge in [-0.05, 0) is 12.8 Å². The quantitative estimate of drug-likeness (QED) is 0.807. The van der Waals surface area contributed by atoms with Gasteiger partial charge in [-0.1, -0.05) is 0 Å². The highest BCUT2D eigenvalue weighted by molar-refractivity contribution is 5.18. The lowest BCUT2D eigenvalue weighted by atomic mass is 9.86. The molecule has 3 heterocycles. The Labute approximate surface area is 100 Å². The summed E-state index contributed by atoms with van der Waals surface area (Å²) in [5.41, 5.74) is 0.881. The molecule has 1 aromatic heterocycles. The number of ether oxygens (including phenoxy) is 2. The van der Waals surface area contributed by atoms with Crippen molar-refractivity contribution in [3.05, 3.63) is 17.7 Å². The Hall–Kier alpha value is -0.910. The summed E-state index contributed by atoms with van der Waals surface area (Å²) in [6.07, 6.45) is 4.00. The second-order valence-electron chi connectivity index (χ2n) is 5.01. The van der Waals surface area contributed by atoms with E-state index in [1.165, 1.54) is 5.69 Å². The predicted octanol–water partition coefficient (Wildman–Crippen LogP) is 0.564. The van der Waals surface area contributed by atoms with Gasteiger partial charge in [0.1, 0.15) is 5.82 Å². The van der Waals surface area contributed by atoms with Gasteiger partial charge in [-0.3, -0.25) is 0 Å². The van der Waals surface area contributed by atoms with E-state index in [9.17, 15) is 5.11 Å². The van der Waals surface area contributed by atoms with Crippen LogP contribution in [0.5, 0.6) is 0 Å². The standard InChI is InChI=1S/C12H18N2O3/c15-6-12(7-17-8-12)11-13-5-10(14-11)9-1-3-16-4-2-9/h5,9,15H,1-4,6-8H2,(H,13,14). The maximum Gasteiger partial charge on any atom is 0.119 e. The van der Waals surface area contributed by atoms with Gasteiger partial charge in [-0.2, -0.15) is 0 Å².